The lowest BCUT2D eigenvalue weighted by atomic mass is 9.79. The molecular weight excluding hydrogens is 278 g/mol. The van der Waals surface area contributed by atoms with Crippen LogP contribution in [0.5, 0.6) is 0 Å². The molecule has 0 radical (unpaired) electrons. The van der Waals surface area contributed by atoms with E-state index in [2.05, 4.69) is 5.32 Å². The average Bonchev–Trinajstić information content (AvgIpc) is 3.02. The van der Waals surface area contributed by atoms with Crippen LogP contribution < -0.4 is 5.32 Å². The first-order valence-electron chi connectivity index (χ1n) is 6.90. The number of esters is 1. The van der Waals surface area contributed by atoms with E-state index in [4.69, 9.17) is 16.3 Å². The van der Waals surface area contributed by atoms with Gasteiger partial charge in [-0.2, -0.15) is 0 Å². The van der Waals surface area contributed by atoms with Crippen molar-refractivity contribution in [1.82, 2.24) is 0 Å². The summed E-state index contributed by atoms with van der Waals surface area (Å²) < 4.78 is 5.35. The summed E-state index contributed by atoms with van der Waals surface area (Å²) in [6.45, 7) is 0. The summed E-state index contributed by atoms with van der Waals surface area (Å²) in [5, 5.41) is 3.52. The molecule has 2 aliphatic carbocycles. The fourth-order valence-corrected chi connectivity index (χ4v) is 4.25. The summed E-state index contributed by atoms with van der Waals surface area (Å²) >= 11 is 5.82. The van der Waals surface area contributed by atoms with Gasteiger partial charge in [0.2, 0.25) is 5.91 Å². The molecule has 0 unspecified atom stereocenters. The van der Waals surface area contributed by atoms with Crippen molar-refractivity contribution >= 4 is 29.2 Å². The van der Waals surface area contributed by atoms with Crippen LogP contribution in [0.1, 0.15) is 12.8 Å². The molecule has 4 nitrogen and oxygen atoms in total. The summed E-state index contributed by atoms with van der Waals surface area (Å²) in [4.78, 5) is 24.4. The van der Waals surface area contributed by atoms with Gasteiger partial charge in [-0.1, -0.05) is 11.6 Å². The van der Waals surface area contributed by atoms with Gasteiger partial charge in [0, 0.05) is 16.6 Å². The lowest BCUT2D eigenvalue weighted by Crippen LogP contribution is -2.35. The molecule has 4 rings (SSSR count). The van der Waals surface area contributed by atoms with E-state index >= 15 is 0 Å². The Bertz CT molecular complexity index is 583. The highest BCUT2D eigenvalue weighted by Gasteiger charge is 2.63. The van der Waals surface area contributed by atoms with Crippen molar-refractivity contribution in [2.75, 3.05) is 5.32 Å². The third-order valence-corrected chi connectivity index (χ3v) is 5.15. The number of ether oxygens (including phenoxy) is 1. The van der Waals surface area contributed by atoms with Gasteiger partial charge in [0.25, 0.3) is 0 Å². The molecule has 1 aliphatic heterocycles. The van der Waals surface area contributed by atoms with Gasteiger partial charge >= 0.3 is 5.97 Å². The van der Waals surface area contributed by atoms with Crippen LogP contribution in [-0.2, 0) is 14.3 Å². The number of rotatable bonds is 2. The average molecular weight is 292 g/mol. The number of carbonyl (C=O) groups excluding carboxylic acids is 2. The first-order chi connectivity index (χ1) is 9.63. The van der Waals surface area contributed by atoms with Gasteiger partial charge in [0.1, 0.15) is 6.10 Å². The molecule has 2 bridgehead atoms. The predicted octanol–water partition coefficient (Wildman–Crippen LogP) is 2.48. The number of hydrogen-bond donors (Lipinski definition) is 1. The minimum Gasteiger partial charge on any atom is -0.462 e. The van der Waals surface area contributed by atoms with Gasteiger partial charge in [0.15, 0.2) is 0 Å². The fourth-order valence-electron chi connectivity index (χ4n) is 4.12. The van der Waals surface area contributed by atoms with Crippen LogP contribution in [0.3, 0.4) is 0 Å². The van der Waals surface area contributed by atoms with E-state index in [0.717, 1.165) is 12.8 Å². The van der Waals surface area contributed by atoms with Gasteiger partial charge in [-0.05, 0) is 43.0 Å². The number of fused-ring (bicyclic) bond motifs is 1. The largest absolute Gasteiger partial charge is 0.462 e. The summed E-state index contributed by atoms with van der Waals surface area (Å²) in [6.07, 6.45) is 1.85. The van der Waals surface area contributed by atoms with Gasteiger partial charge in [-0.25, -0.2) is 0 Å². The number of benzene rings is 1. The van der Waals surface area contributed by atoms with Gasteiger partial charge < -0.3 is 10.1 Å². The molecule has 1 heterocycles. The number of halogens is 1. The van der Waals surface area contributed by atoms with Gasteiger partial charge in [0.05, 0.1) is 11.8 Å². The molecule has 1 aromatic carbocycles. The van der Waals surface area contributed by atoms with Crippen LogP contribution in [0.2, 0.25) is 5.02 Å². The molecule has 104 valence electrons. The Hall–Kier alpha value is -1.55. The topological polar surface area (TPSA) is 55.4 Å². The van der Waals surface area contributed by atoms with E-state index in [1.807, 2.05) is 0 Å². The quantitative estimate of drug-likeness (QED) is 0.852. The van der Waals surface area contributed by atoms with Crippen molar-refractivity contribution in [3.8, 4) is 0 Å². The van der Waals surface area contributed by atoms with E-state index in [-0.39, 0.29) is 41.7 Å². The van der Waals surface area contributed by atoms with Crippen LogP contribution in [0.15, 0.2) is 24.3 Å². The maximum Gasteiger partial charge on any atom is 0.310 e. The van der Waals surface area contributed by atoms with Gasteiger partial charge in [-0.15, -0.1) is 0 Å². The number of amides is 1. The Morgan fingerprint density at radius 2 is 2.00 bits per heavy atom. The highest BCUT2D eigenvalue weighted by atomic mass is 35.5. The summed E-state index contributed by atoms with van der Waals surface area (Å²) in [6, 6.07) is 7.00. The van der Waals surface area contributed by atoms with Crippen LogP contribution in [0.4, 0.5) is 5.69 Å². The van der Waals surface area contributed by atoms with Crippen molar-refractivity contribution in [3.63, 3.8) is 0 Å². The van der Waals surface area contributed by atoms with Gasteiger partial charge in [-0.3, -0.25) is 9.59 Å². The molecule has 0 aromatic heterocycles. The SMILES string of the molecule is O=C(Nc1ccc(Cl)cc1)[C@@H]1[C@H]2C[C@H]3[C@H]1C(=O)O[C@H]3C2. The standard InChI is InChI=1S/C15H14ClNO3/c16-8-1-3-9(4-2-8)17-14(18)12-7-5-10-11(6-7)20-15(19)13(10)12/h1-4,7,10-13H,5-6H2,(H,17,18)/t7-,10+,11-,12+,13+/m0/s1. The Morgan fingerprint density at radius 1 is 1.25 bits per heavy atom. The second-order valence-corrected chi connectivity index (χ2v) is 6.35. The van der Waals surface area contributed by atoms with E-state index in [9.17, 15) is 9.59 Å². The predicted molar refractivity (Wildman–Crippen MR) is 73.2 cm³/mol. The minimum absolute atomic E-state index is 0.0667. The second kappa shape index (κ2) is 4.22. The zero-order chi connectivity index (χ0) is 13.9. The van der Waals surface area contributed by atoms with E-state index in [1.54, 1.807) is 24.3 Å². The zero-order valence-corrected chi connectivity index (χ0v) is 11.5. The van der Waals surface area contributed by atoms with Crippen LogP contribution in [0.25, 0.3) is 0 Å². The molecule has 2 saturated carbocycles. The lowest BCUT2D eigenvalue weighted by molar-refractivity contribution is -0.145. The zero-order valence-electron chi connectivity index (χ0n) is 10.7. The second-order valence-electron chi connectivity index (χ2n) is 5.92. The maximum atomic E-state index is 12.5. The Kier molecular flexibility index (Phi) is 2.58. The highest BCUT2D eigenvalue weighted by molar-refractivity contribution is 6.30. The lowest BCUT2D eigenvalue weighted by Gasteiger charge is -2.23. The number of carbonyl (C=O) groups is 2. The molecule has 3 fully saturated rings. The summed E-state index contributed by atoms with van der Waals surface area (Å²) in [5.74, 6) is -0.173. The summed E-state index contributed by atoms with van der Waals surface area (Å²) in [7, 11) is 0. The molecule has 1 saturated heterocycles. The Labute approximate surface area is 121 Å². The molecule has 1 aromatic rings. The van der Waals surface area contributed by atoms with Crippen LogP contribution in [0, 0.1) is 23.7 Å². The first kappa shape index (κ1) is 12.2. The minimum atomic E-state index is -0.234. The molecule has 5 heteroatoms. The fraction of sp³-hybridized carbons (Fsp3) is 0.467. The Morgan fingerprint density at radius 3 is 2.75 bits per heavy atom. The molecule has 3 aliphatic rings. The Balaban J connectivity index is 1.54. The first-order valence-corrected chi connectivity index (χ1v) is 7.28. The van der Waals surface area contributed by atoms with E-state index in [1.165, 1.54) is 0 Å². The molecule has 20 heavy (non-hydrogen) atoms. The van der Waals surface area contributed by atoms with Crippen LogP contribution >= 0.6 is 11.6 Å². The van der Waals surface area contributed by atoms with E-state index < -0.39 is 0 Å². The molecule has 1 N–H and O–H groups in total. The van der Waals surface area contributed by atoms with Crippen molar-refractivity contribution < 1.29 is 14.3 Å². The molecular formula is C15H14ClNO3. The molecule has 0 spiro atoms. The molecule has 1 amide bonds. The van der Waals surface area contributed by atoms with Crippen molar-refractivity contribution in [2.24, 2.45) is 23.7 Å². The van der Waals surface area contributed by atoms with Crippen LogP contribution in [-0.4, -0.2) is 18.0 Å². The summed E-state index contributed by atoms with van der Waals surface area (Å²) in [5.41, 5.74) is 0.713. The smallest absolute Gasteiger partial charge is 0.310 e. The number of nitrogens with one attached hydrogen (secondary N) is 1. The monoisotopic (exact) mass is 291 g/mol. The highest BCUT2D eigenvalue weighted by Crippen LogP contribution is 2.57. The van der Waals surface area contributed by atoms with Crippen molar-refractivity contribution in [3.05, 3.63) is 29.3 Å². The maximum absolute atomic E-state index is 12.5. The third-order valence-electron chi connectivity index (χ3n) is 4.90. The number of anilines is 1. The van der Waals surface area contributed by atoms with Crippen molar-refractivity contribution in [1.29, 1.82) is 0 Å². The normalized spacial score (nSPS) is 37.0. The molecule has 5 atom stereocenters. The van der Waals surface area contributed by atoms with E-state index in [0.29, 0.717) is 10.7 Å². The number of hydrogen-bond acceptors (Lipinski definition) is 3. The van der Waals surface area contributed by atoms with Crippen molar-refractivity contribution in [2.45, 2.75) is 18.9 Å². The third kappa shape index (κ3) is 1.67.